The zero-order chi connectivity index (χ0) is 10.1. The van der Waals surface area contributed by atoms with E-state index in [9.17, 15) is 0 Å². The fourth-order valence-electron chi connectivity index (χ4n) is 2.25. The van der Waals surface area contributed by atoms with Crippen LogP contribution in [-0.4, -0.2) is 22.1 Å². The third-order valence-corrected chi connectivity index (χ3v) is 3.23. The van der Waals surface area contributed by atoms with Crippen LogP contribution in [0.15, 0.2) is 12.1 Å². The lowest BCUT2D eigenvalue weighted by molar-refractivity contribution is 0.175. The minimum atomic E-state index is 0.670. The Morgan fingerprint density at radius 1 is 1.29 bits per heavy atom. The lowest BCUT2D eigenvalue weighted by Crippen LogP contribution is -2.38. The summed E-state index contributed by atoms with van der Waals surface area (Å²) in [5.74, 6) is 0. The number of nitrogens with zero attached hydrogens (tertiary/aromatic N) is 2. The highest BCUT2D eigenvalue weighted by Crippen LogP contribution is 2.18. The maximum absolute atomic E-state index is 2.54. The Morgan fingerprint density at radius 3 is 2.71 bits per heavy atom. The van der Waals surface area contributed by atoms with Crippen LogP contribution in [0.5, 0.6) is 0 Å². The third-order valence-electron chi connectivity index (χ3n) is 3.23. The van der Waals surface area contributed by atoms with Gasteiger partial charge in [-0.3, -0.25) is 4.90 Å². The van der Waals surface area contributed by atoms with E-state index >= 15 is 0 Å². The fourth-order valence-corrected chi connectivity index (χ4v) is 2.25. The topological polar surface area (TPSA) is 8.17 Å². The molecule has 1 aromatic rings. The molecule has 0 N–H and O–H groups in total. The largest absolute Gasteiger partial charge is 0.346 e. The summed E-state index contributed by atoms with van der Waals surface area (Å²) in [4.78, 5) is 2.54. The fraction of sp³-hybridized carbons (Fsp3) is 0.667. The molecule has 2 rings (SSSR count). The summed E-state index contributed by atoms with van der Waals surface area (Å²) in [7, 11) is 0. The molecule has 0 aromatic carbocycles. The van der Waals surface area contributed by atoms with Gasteiger partial charge in [-0.25, -0.2) is 0 Å². The zero-order valence-corrected chi connectivity index (χ0v) is 9.45. The maximum Gasteiger partial charge on any atom is 0.0390 e. The molecule has 2 heterocycles. The van der Waals surface area contributed by atoms with Crippen LogP contribution in [-0.2, 0) is 19.5 Å². The van der Waals surface area contributed by atoms with Gasteiger partial charge >= 0.3 is 0 Å². The summed E-state index contributed by atoms with van der Waals surface area (Å²) in [5.41, 5.74) is 2.98. The molecule has 14 heavy (non-hydrogen) atoms. The van der Waals surface area contributed by atoms with Crippen molar-refractivity contribution in [3.05, 3.63) is 23.5 Å². The Morgan fingerprint density at radius 2 is 2.07 bits per heavy atom. The molecular weight excluding hydrogens is 172 g/mol. The highest BCUT2D eigenvalue weighted by Gasteiger charge is 2.19. The van der Waals surface area contributed by atoms with Crippen LogP contribution in [0.25, 0.3) is 0 Å². The average Bonchev–Trinajstić information content (AvgIpc) is 2.59. The molecule has 1 aliphatic heterocycles. The first kappa shape index (κ1) is 9.78. The zero-order valence-electron chi connectivity index (χ0n) is 9.45. The van der Waals surface area contributed by atoms with Gasteiger partial charge in [0.1, 0.15) is 0 Å². The van der Waals surface area contributed by atoms with Crippen LogP contribution in [0.4, 0.5) is 0 Å². The molecule has 0 spiro atoms. The van der Waals surface area contributed by atoms with Crippen molar-refractivity contribution >= 4 is 0 Å². The van der Waals surface area contributed by atoms with E-state index in [1.165, 1.54) is 24.5 Å². The Kier molecular flexibility index (Phi) is 2.64. The Hall–Kier alpha value is -0.760. The number of aromatic nitrogens is 1. The molecule has 1 aliphatic rings. The van der Waals surface area contributed by atoms with Gasteiger partial charge < -0.3 is 4.57 Å². The van der Waals surface area contributed by atoms with Crippen LogP contribution >= 0.6 is 0 Å². The van der Waals surface area contributed by atoms with E-state index < -0.39 is 0 Å². The summed E-state index contributed by atoms with van der Waals surface area (Å²) in [6.45, 7) is 10.3. The highest BCUT2D eigenvalue weighted by atomic mass is 15.2. The molecule has 0 bridgehead atoms. The average molecular weight is 192 g/mol. The van der Waals surface area contributed by atoms with E-state index in [4.69, 9.17) is 0 Å². The van der Waals surface area contributed by atoms with E-state index in [1.807, 2.05) is 0 Å². The number of hydrogen-bond acceptors (Lipinski definition) is 1. The van der Waals surface area contributed by atoms with Gasteiger partial charge in [-0.2, -0.15) is 0 Å². The first-order chi connectivity index (χ1) is 6.72. The highest BCUT2D eigenvalue weighted by molar-refractivity contribution is 5.18. The monoisotopic (exact) mass is 192 g/mol. The summed E-state index contributed by atoms with van der Waals surface area (Å²) in [6, 6.07) is 5.23. The Labute approximate surface area is 86.5 Å². The van der Waals surface area contributed by atoms with Crippen molar-refractivity contribution in [1.29, 1.82) is 0 Å². The Bertz CT molecular complexity index is 312. The van der Waals surface area contributed by atoms with Gasteiger partial charge in [-0.15, -0.1) is 0 Å². The predicted molar refractivity (Wildman–Crippen MR) is 59.4 cm³/mol. The molecule has 0 saturated carbocycles. The van der Waals surface area contributed by atoms with Gasteiger partial charge in [-0.05, 0) is 32.4 Å². The molecule has 2 nitrogen and oxygen atoms in total. The van der Waals surface area contributed by atoms with E-state index in [0.29, 0.717) is 6.04 Å². The lowest BCUT2D eigenvalue weighted by atomic mass is 10.2. The normalized spacial score (nSPS) is 17.4. The standard InChI is InChI=1S/C12H20N2/c1-4-11-5-6-12-9-13(10(2)3)7-8-14(11)12/h5-6,10H,4,7-9H2,1-3H3. The quantitative estimate of drug-likeness (QED) is 0.698. The van der Waals surface area contributed by atoms with E-state index in [1.54, 1.807) is 0 Å². The van der Waals surface area contributed by atoms with Crippen molar-refractivity contribution in [2.45, 2.75) is 46.3 Å². The molecule has 0 aliphatic carbocycles. The second-order valence-electron chi connectivity index (χ2n) is 4.39. The number of rotatable bonds is 2. The molecule has 0 radical (unpaired) electrons. The predicted octanol–water partition coefficient (Wildman–Crippen LogP) is 2.27. The van der Waals surface area contributed by atoms with E-state index in [-0.39, 0.29) is 0 Å². The molecule has 2 heteroatoms. The minimum absolute atomic E-state index is 0.670. The van der Waals surface area contributed by atoms with Gasteiger partial charge in [0, 0.05) is 37.1 Å². The first-order valence-electron chi connectivity index (χ1n) is 5.63. The molecule has 0 unspecified atom stereocenters. The van der Waals surface area contributed by atoms with Crippen LogP contribution in [0.2, 0.25) is 0 Å². The summed E-state index contributed by atoms with van der Waals surface area (Å²) in [5, 5.41) is 0. The van der Waals surface area contributed by atoms with Crippen molar-refractivity contribution in [2.75, 3.05) is 6.54 Å². The maximum atomic E-state index is 2.54. The second kappa shape index (κ2) is 3.77. The molecule has 0 amide bonds. The van der Waals surface area contributed by atoms with Crippen LogP contribution in [0.1, 0.15) is 32.2 Å². The number of hydrogen-bond donors (Lipinski definition) is 0. The van der Waals surface area contributed by atoms with Gasteiger partial charge in [-0.1, -0.05) is 6.92 Å². The van der Waals surface area contributed by atoms with Gasteiger partial charge in [0.15, 0.2) is 0 Å². The van der Waals surface area contributed by atoms with Crippen molar-refractivity contribution in [3.63, 3.8) is 0 Å². The molecular formula is C12H20N2. The van der Waals surface area contributed by atoms with Gasteiger partial charge in [0.05, 0.1) is 0 Å². The summed E-state index contributed by atoms with van der Waals surface area (Å²) >= 11 is 0. The van der Waals surface area contributed by atoms with Crippen LogP contribution in [0.3, 0.4) is 0 Å². The van der Waals surface area contributed by atoms with Crippen molar-refractivity contribution < 1.29 is 0 Å². The molecule has 78 valence electrons. The second-order valence-corrected chi connectivity index (χ2v) is 4.39. The smallest absolute Gasteiger partial charge is 0.0390 e. The lowest BCUT2D eigenvalue weighted by Gasteiger charge is -2.32. The van der Waals surface area contributed by atoms with E-state index in [0.717, 1.165) is 13.0 Å². The minimum Gasteiger partial charge on any atom is -0.346 e. The molecule has 1 aromatic heterocycles. The molecule has 0 atom stereocenters. The van der Waals surface area contributed by atoms with Gasteiger partial charge in [0.25, 0.3) is 0 Å². The molecule has 0 saturated heterocycles. The number of fused-ring (bicyclic) bond motifs is 1. The SMILES string of the molecule is CCc1ccc2n1CCN(C(C)C)C2. The first-order valence-corrected chi connectivity index (χ1v) is 5.63. The third kappa shape index (κ3) is 1.59. The number of aryl methyl sites for hydroxylation is 1. The van der Waals surface area contributed by atoms with E-state index in [2.05, 4.69) is 42.4 Å². The molecule has 0 fully saturated rings. The van der Waals surface area contributed by atoms with Crippen molar-refractivity contribution in [2.24, 2.45) is 0 Å². The van der Waals surface area contributed by atoms with Crippen molar-refractivity contribution in [3.8, 4) is 0 Å². The van der Waals surface area contributed by atoms with Gasteiger partial charge in [0.2, 0.25) is 0 Å². The summed E-state index contributed by atoms with van der Waals surface area (Å²) < 4.78 is 2.48. The van der Waals surface area contributed by atoms with Crippen molar-refractivity contribution in [1.82, 2.24) is 9.47 Å². The van der Waals surface area contributed by atoms with Crippen LogP contribution in [0, 0.1) is 0 Å². The Balaban J connectivity index is 2.20. The van der Waals surface area contributed by atoms with Crippen LogP contribution < -0.4 is 0 Å². The summed E-state index contributed by atoms with van der Waals surface area (Å²) in [6.07, 6.45) is 1.15.